The normalized spacial score (nSPS) is 12.1. The van der Waals surface area contributed by atoms with Gasteiger partial charge in [0.2, 0.25) is 0 Å². The Morgan fingerprint density at radius 3 is 2.71 bits per heavy atom. The molecule has 0 bridgehead atoms. The molecule has 5 heteroatoms. The number of aryl methyl sites for hydroxylation is 1. The van der Waals surface area contributed by atoms with E-state index in [0.717, 1.165) is 5.56 Å². The fourth-order valence-electron chi connectivity index (χ4n) is 1.53. The fourth-order valence-corrected chi connectivity index (χ4v) is 1.53. The molecule has 1 N–H and O–H groups in total. The number of nitrogens with zero attached hydrogens (tertiary/aromatic N) is 3. The van der Waals surface area contributed by atoms with Crippen molar-refractivity contribution in [3.05, 3.63) is 48.0 Å². The average Bonchev–Trinajstić information content (AvgIpc) is 2.77. The van der Waals surface area contributed by atoms with E-state index in [1.165, 1.54) is 0 Å². The molecule has 0 spiro atoms. The Bertz CT molecular complexity index is 506. The van der Waals surface area contributed by atoms with Gasteiger partial charge in [-0.1, -0.05) is 0 Å². The molecule has 2 rings (SSSR count). The first-order valence-electron chi connectivity index (χ1n) is 5.36. The summed E-state index contributed by atoms with van der Waals surface area (Å²) >= 11 is 0. The van der Waals surface area contributed by atoms with Gasteiger partial charge < -0.3 is 5.32 Å². The Kier molecular flexibility index (Phi) is 3.18. The first kappa shape index (κ1) is 11.3. The number of amides is 1. The van der Waals surface area contributed by atoms with Crippen molar-refractivity contribution in [3.63, 3.8) is 0 Å². The molecule has 2 aromatic rings. The summed E-state index contributed by atoms with van der Waals surface area (Å²) < 4.78 is 1.71. The molecule has 0 saturated heterocycles. The molecule has 0 radical (unpaired) electrons. The van der Waals surface area contributed by atoms with Crippen LogP contribution in [0.15, 0.2) is 36.9 Å². The number of rotatable bonds is 3. The summed E-state index contributed by atoms with van der Waals surface area (Å²) in [6.45, 7) is 1.93. The molecule has 0 aliphatic heterocycles. The van der Waals surface area contributed by atoms with E-state index in [1.54, 1.807) is 35.4 Å². The van der Waals surface area contributed by atoms with E-state index in [0.29, 0.717) is 5.56 Å². The maximum Gasteiger partial charge on any atom is 0.251 e. The van der Waals surface area contributed by atoms with Gasteiger partial charge in [0.15, 0.2) is 0 Å². The Hall–Kier alpha value is -2.17. The van der Waals surface area contributed by atoms with E-state index in [9.17, 15) is 4.79 Å². The van der Waals surface area contributed by atoms with Crippen molar-refractivity contribution in [2.45, 2.75) is 13.0 Å². The van der Waals surface area contributed by atoms with Crippen molar-refractivity contribution >= 4 is 5.91 Å². The molecule has 17 heavy (non-hydrogen) atoms. The molecule has 0 saturated carbocycles. The summed E-state index contributed by atoms with van der Waals surface area (Å²) in [6.07, 6.45) is 6.84. The smallest absolute Gasteiger partial charge is 0.251 e. The fraction of sp³-hybridized carbons (Fsp3) is 0.250. The van der Waals surface area contributed by atoms with E-state index in [2.05, 4.69) is 15.4 Å². The van der Waals surface area contributed by atoms with Crippen LogP contribution in [0, 0.1) is 0 Å². The minimum Gasteiger partial charge on any atom is -0.345 e. The number of hydrogen-bond acceptors (Lipinski definition) is 3. The monoisotopic (exact) mass is 230 g/mol. The maximum absolute atomic E-state index is 11.9. The van der Waals surface area contributed by atoms with Crippen LogP contribution < -0.4 is 5.32 Å². The van der Waals surface area contributed by atoms with Crippen molar-refractivity contribution in [3.8, 4) is 0 Å². The average molecular weight is 230 g/mol. The number of pyridine rings is 1. The third-order valence-electron chi connectivity index (χ3n) is 2.51. The van der Waals surface area contributed by atoms with Crippen molar-refractivity contribution < 1.29 is 4.79 Å². The maximum atomic E-state index is 11.9. The van der Waals surface area contributed by atoms with Gasteiger partial charge in [-0.2, -0.15) is 5.10 Å². The zero-order valence-corrected chi connectivity index (χ0v) is 9.79. The summed E-state index contributed by atoms with van der Waals surface area (Å²) in [6, 6.07) is 3.31. The molecular weight excluding hydrogens is 216 g/mol. The summed E-state index contributed by atoms with van der Waals surface area (Å²) in [7, 11) is 1.85. The van der Waals surface area contributed by atoms with E-state index < -0.39 is 0 Å². The first-order valence-corrected chi connectivity index (χ1v) is 5.36. The second-order valence-electron chi connectivity index (χ2n) is 3.88. The van der Waals surface area contributed by atoms with Crippen LogP contribution in [0.3, 0.4) is 0 Å². The van der Waals surface area contributed by atoms with Crippen molar-refractivity contribution in [2.24, 2.45) is 7.05 Å². The largest absolute Gasteiger partial charge is 0.345 e. The molecule has 2 aromatic heterocycles. The second-order valence-corrected chi connectivity index (χ2v) is 3.88. The van der Waals surface area contributed by atoms with Crippen molar-refractivity contribution in [2.75, 3.05) is 0 Å². The molecule has 0 aromatic carbocycles. The number of nitrogens with one attached hydrogen (secondary N) is 1. The molecule has 88 valence electrons. The molecule has 0 aliphatic rings. The lowest BCUT2D eigenvalue weighted by Gasteiger charge is -2.11. The predicted molar refractivity (Wildman–Crippen MR) is 63.3 cm³/mol. The van der Waals surface area contributed by atoms with Gasteiger partial charge in [-0.25, -0.2) is 0 Å². The highest BCUT2D eigenvalue weighted by Gasteiger charge is 2.12. The minimum absolute atomic E-state index is 0.0654. The van der Waals surface area contributed by atoms with E-state index in [4.69, 9.17) is 0 Å². The summed E-state index contributed by atoms with van der Waals surface area (Å²) in [4.78, 5) is 15.7. The standard InChI is InChI=1S/C12H14N4O/c1-9(11-7-14-16(2)8-11)15-12(17)10-3-5-13-6-4-10/h3-9H,1-2H3,(H,15,17). The van der Waals surface area contributed by atoms with Crippen molar-refractivity contribution in [1.82, 2.24) is 20.1 Å². The summed E-state index contributed by atoms with van der Waals surface area (Å²) in [5.74, 6) is -0.108. The lowest BCUT2D eigenvalue weighted by molar-refractivity contribution is 0.0940. The zero-order chi connectivity index (χ0) is 12.3. The molecule has 1 amide bonds. The van der Waals surface area contributed by atoms with Crippen LogP contribution in [-0.2, 0) is 7.05 Å². The Morgan fingerprint density at radius 2 is 2.12 bits per heavy atom. The van der Waals surface area contributed by atoms with Gasteiger partial charge in [-0.15, -0.1) is 0 Å². The highest BCUT2D eigenvalue weighted by molar-refractivity contribution is 5.94. The molecule has 0 fully saturated rings. The van der Waals surface area contributed by atoms with Crippen LogP contribution in [-0.4, -0.2) is 20.7 Å². The van der Waals surface area contributed by atoms with Gasteiger partial charge in [-0.3, -0.25) is 14.5 Å². The third-order valence-corrected chi connectivity index (χ3v) is 2.51. The number of carbonyl (C=O) groups excluding carboxylic acids is 1. The SMILES string of the molecule is CC(NC(=O)c1ccncc1)c1cnn(C)c1. The molecule has 0 aliphatic carbocycles. The van der Waals surface area contributed by atoms with E-state index in [-0.39, 0.29) is 11.9 Å². The van der Waals surface area contributed by atoms with E-state index in [1.807, 2.05) is 20.2 Å². The van der Waals surface area contributed by atoms with Crippen LogP contribution in [0.4, 0.5) is 0 Å². The Balaban J connectivity index is 2.04. The summed E-state index contributed by atoms with van der Waals surface area (Å²) in [5, 5.41) is 6.98. The minimum atomic E-state index is -0.108. The Labute approximate surface area is 99.5 Å². The number of aromatic nitrogens is 3. The van der Waals surface area contributed by atoms with Crippen LogP contribution in [0.2, 0.25) is 0 Å². The van der Waals surface area contributed by atoms with E-state index >= 15 is 0 Å². The third kappa shape index (κ3) is 2.69. The first-order chi connectivity index (χ1) is 8.16. The quantitative estimate of drug-likeness (QED) is 0.864. The lowest BCUT2D eigenvalue weighted by atomic mass is 10.1. The zero-order valence-electron chi connectivity index (χ0n) is 9.79. The highest BCUT2D eigenvalue weighted by atomic mass is 16.1. The molecular formula is C12H14N4O. The van der Waals surface area contributed by atoms with Crippen molar-refractivity contribution in [1.29, 1.82) is 0 Å². The molecule has 5 nitrogen and oxygen atoms in total. The summed E-state index contributed by atoms with van der Waals surface area (Å²) in [5.41, 5.74) is 1.59. The second kappa shape index (κ2) is 4.78. The molecule has 2 heterocycles. The van der Waals surface area contributed by atoms with Gasteiger partial charge in [0.05, 0.1) is 12.2 Å². The number of hydrogen-bond donors (Lipinski definition) is 1. The van der Waals surface area contributed by atoms with Gasteiger partial charge >= 0.3 is 0 Å². The predicted octanol–water partition coefficient (Wildman–Crippen LogP) is 1.31. The van der Waals surface area contributed by atoms with Crippen LogP contribution in [0.5, 0.6) is 0 Å². The van der Waals surface area contributed by atoms with Crippen LogP contribution >= 0.6 is 0 Å². The Morgan fingerprint density at radius 1 is 1.41 bits per heavy atom. The van der Waals surface area contributed by atoms with Gasteiger partial charge in [-0.05, 0) is 19.1 Å². The molecule has 1 unspecified atom stereocenters. The van der Waals surface area contributed by atoms with Gasteiger partial charge in [0.1, 0.15) is 0 Å². The van der Waals surface area contributed by atoms with Crippen LogP contribution in [0.1, 0.15) is 28.9 Å². The topological polar surface area (TPSA) is 59.8 Å². The highest BCUT2D eigenvalue weighted by Crippen LogP contribution is 2.11. The van der Waals surface area contributed by atoms with Gasteiger partial charge in [0.25, 0.3) is 5.91 Å². The lowest BCUT2D eigenvalue weighted by Crippen LogP contribution is -2.26. The molecule has 1 atom stereocenters. The number of carbonyl (C=O) groups is 1. The van der Waals surface area contributed by atoms with Crippen LogP contribution in [0.25, 0.3) is 0 Å². The van der Waals surface area contributed by atoms with Gasteiger partial charge in [0, 0.05) is 36.8 Å².